The van der Waals surface area contributed by atoms with Gasteiger partial charge in [-0.25, -0.2) is 0 Å². The molecule has 0 spiro atoms. The lowest BCUT2D eigenvalue weighted by molar-refractivity contribution is -0.137. The molecule has 0 heterocycles. The fraction of sp³-hybridized carbons (Fsp3) is 0.278. The van der Waals surface area contributed by atoms with Crippen LogP contribution in [-0.2, 0) is 4.79 Å². The number of hydrogen-bond acceptors (Lipinski definition) is 2. The molecule has 3 heteroatoms. The normalized spacial score (nSPS) is 12.3. The van der Waals surface area contributed by atoms with Gasteiger partial charge < -0.3 is 10.4 Å². The van der Waals surface area contributed by atoms with Gasteiger partial charge in [-0.1, -0.05) is 67.6 Å². The molecular formula is C18H21NO2. The van der Waals surface area contributed by atoms with E-state index in [-0.39, 0.29) is 18.4 Å². The summed E-state index contributed by atoms with van der Waals surface area (Å²) in [5, 5.41) is 12.5. The molecule has 0 aliphatic heterocycles. The van der Waals surface area contributed by atoms with E-state index in [1.165, 1.54) is 0 Å². The Bertz CT molecular complexity index is 514. The molecule has 1 atom stereocenters. The van der Waals surface area contributed by atoms with Crippen LogP contribution in [0, 0.1) is 0 Å². The molecule has 0 saturated carbocycles. The van der Waals surface area contributed by atoms with Crippen molar-refractivity contribution in [3.63, 3.8) is 0 Å². The Morgan fingerprint density at radius 1 is 1.00 bits per heavy atom. The maximum Gasteiger partial charge on any atom is 0.304 e. The van der Waals surface area contributed by atoms with Crippen molar-refractivity contribution in [1.29, 1.82) is 0 Å². The minimum Gasteiger partial charge on any atom is -0.481 e. The minimum absolute atomic E-state index is 0.0310. The summed E-state index contributed by atoms with van der Waals surface area (Å²) >= 11 is 0. The van der Waals surface area contributed by atoms with E-state index >= 15 is 0 Å². The largest absolute Gasteiger partial charge is 0.481 e. The second-order valence-electron chi connectivity index (χ2n) is 5.06. The highest BCUT2D eigenvalue weighted by molar-refractivity contribution is 5.68. The first-order valence-corrected chi connectivity index (χ1v) is 7.27. The van der Waals surface area contributed by atoms with E-state index in [2.05, 4.69) is 29.6 Å². The summed E-state index contributed by atoms with van der Waals surface area (Å²) < 4.78 is 0. The highest BCUT2D eigenvalue weighted by Crippen LogP contribution is 2.29. The predicted molar refractivity (Wildman–Crippen MR) is 84.4 cm³/mol. The number of nitrogens with one attached hydrogen (secondary N) is 1. The number of carbonyl (C=O) groups is 1. The predicted octanol–water partition coefficient (Wildman–Crippen LogP) is 3.27. The summed E-state index contributed by atoms with van der Waals surface area (Å²) in [6.45, 7) is 2.75. The Balaban J connectivity index is 2.41. The summed E-state index contributed by atoms with van der Waals surface area (Å²) in [7, 11) is 0. The first-order chi connectivity index (χ1) is 10.2. The Labute approximate surface area is 125 Å². The van der Waals surface area contributed by atoms with E-state index in [1.807, 2.05) is 43.3 Å². The number of benzene rings is 2. The van der Waals surface area contributed by atoms with Gasteiger partial charge in [-0.2, -0.15) is 0 Å². The van der Waals surface area contributed by atoms with Gasteiger partial charge in [-0.3, -0.25) is 4.79 Å². The third-order valence-corrected chi connectivity index (χ3v) is 3.58. The maximum absolute atomic E-state index is 11.2. The van der Waals surface area contributed by atoms with E-state index in [4.69, 9.17) is 0 Å². The lowest BCUT2D eigenvalue weighted by Crippen LogP contribution is -2.37. The molecule has 0 bridgehead atoms. The van der Waals surface area contributed by atoms with E-state index < -0.39 is 5.97 Å². The molecule has 2 rings (SSSR count). The monoisotopic (exact) mass is 283 g/mol. The molecule has 0 saturated heterocycles. The van der Waals surface area contributed by atoms with Crippen LogP contribution in [-0.4, -0.2) is 23.7 Å². The molecule has 0 aromatic heterocycles. The first kappa shape index (κ1) is 15.3. The van der Waals surface area contributed by atoms with Crippen LogP contribution >= 0.6 is 0 Å². The van der Waals surface area contributed by atoms with Crippen LogP contribution in [0.4, 0.5) is 0 Å². The van der Waals surface area contributed by atoms with Crippen molar-refractivity contribution >= 4 is 5.97 Å². The molecule has 110 valence electrons. The molecular weight excluding hydrogens is 262 g/mol. The number of hydrogen-bond donors (Lipinski definition) is 2. The fourth-order valence-corrected chi connectivity index (χ4v) is 2.74. The average molecular weight is 283 g/mol. The second kappa shape index (κ2) is 7.60. The number of carboxylic acid groups (broad SMARTS) is 1. The van der Waals surface area contributed by atoms with Gasteiger partial charge >= 0.3 is 5.97 Å². The molecule has 2 N–H and O–H groups in total. The van der Waals surface area contributed by atoms with Crippen LogP contribution in [0.2, 0.25) is 0 Å². The zero-order valence-electron chi connectivity index (χ0n) is 12.2. The van der Waals surface area contributed by atoms with Gasteiger partial charge in [0.1, 0.15) is 0 Å². The molecule has 1 unspecified atom stereocenters. The van der Waals surface area contributed by atoms with Gasteiger partial charge in [0, 0.05) is 12.0 Å². The zero-order chi connectivity index (χ0) is 15.1. The number of aliphatic carboxylic acids is 1. The molecule has 0 aliphatic rings. The molecule has 0 fully saturated rings. The third-order valence-electron chi connectivity index (χ3n) is 3.58. The van der Waals surface area contributed by atoms with E-state index in [0.717, 1.165) is 17.7 Å². The summed E-state index contributed by atoms with van der Waals surface area (Å²) in [6.07, 6.45) is 0.0995. The van der Waals surface area contributed by atoms with Crippen molar-refractivity contribution in [3.8, 4) is 0 Å². The Hall–Kier alpha value is -2.13. The Morgan fingerprint density at radius 2 is 1.48 bits per heavy atom. The van der Waals surface area contributed by atoms with Gasteiger partial charge in [0.25, 0.3) is 0 Å². The zero-order valence-corrected chi connectivity index (χ0v) is 12.2. The van der Waals surface area contributed by atoms with Crippen LogP contribution in [0.25, 0.3) is 0 Å². The minimum atomic E-state index is -0.780. The average Bonchev–Trinajstić information content (AvgIpc) is 2.49. The summed E-state index contributed by atoms with van der Waals surface area (Å²) in [5.74, 6) is -0.749. The lowest BCUT2D eigenvalue weighted by atomic mass is 9.83. The van der Waals surface area contributed by atoms with Crippen LogP contribution in [0.15, 0.2) is 60.7 Å². The first-order valence-electron chi connectivity index (χ1n) is 7.27. The highest BCUT2D eigenvalue weighted by Gasteiger charge is 2.26. The lowest BCUT2D eigenvalue weighted by Gasteiger charge is -2.28. The van der Waals surface area contributed by atoms with Gasteiger partial charge in [-0.05, 0) is 17.7 Å². The number of rotatable bonds is 7. The van der Waals surface area contributed by atoms with Gasteiger partial charge in [0.2, 0.25) is 0 Å². The standard InChI is InChI=1S/C18H21NO2/c1-2-19-16(13-17(20)21)18(14-9-5-3-6-10-14)15-11-7-4-8-12-15/h3-12,16,18-19H,2,13H2,1H3,(H,20,21). The van der Waals surface area contributed by atoms with Crippen LogP contribution in [0.3, 0.4) is 0 Å². The van der Waals surface area contributed by atoms with Crippen LogP contribution in [0.1, 0.15) is 30.4 Å². The second-order valence-corrected chi connectivity index (χ2v) is 5.06. The molecule has 0 radical (unpaired) electrons. The Kier molecular flexibility index (Phi) is 5.52. The van der Waals surface area contributed by atoms with Crippen LogP contribution in [0.5, 0.6) is 0 Å². The molecule has 0 amide bonds. The number of carboxylic acids is 1. The molecule has 0 aliphatic carbocycles. The quantitative estimate of drug-likeness (QED) is 0.820. The molecule has 3 nitrogen and oxygen atoms in total. The Morgan fingerprint density at radius 3 is 1.86 bits per heavy atom. The van der Waals surface area contributed by atoms with Crippen molar-refractivity contribution in [2.75, 3.05) is 6.54 Å². The van der Waals surface area contributed by atoms with Crippen molar-refractivity contribution in [2.24, 2.45) is 0 Å². The smallest absolute Gasteiger partial charge is 0.304 e. The highest BCUT2D eigenvalue weighted by atomic mass is 16.4. The fourth-order valence-electron chi connectivity index (χ4n) is 2.74. The van der Waals surface area contributed by atoms with Crippen molar-refractivity contribution in [1.82, 2.24) is 5.32 Å². The molecule has 2 aromatic rings. The maximum atomic E-state index is 11.2. The van der Waals surface area contributed by atoms with E-state index in [1.54, 1.807) is 0 Å². The van der Waals surface area contributed by atoms with Crippen molar-refractivity contribution < 1.29 is 9.90 Å². The van der Waals surface area contributed by atoms with Gasteiger partial charge in [0.05, 0.1) is 6.42 Å². The van der Waals surface area contributed by atoms with Crippen LogP contribution < -0.4 is 5.32 Å². The van der Waals surface area contributed by atoms with Crippen molar-refractivity contribution in [2.45, 2.75) is 25.3 Å². The van der Waals surface area contributed by atoms with E-state index in [0.29, 0.717) is 0 Å². The molecule has 21 heavy (non-hydrogen) atoms. The van der Waals surface area contributed by atoms with Gasteiger partial charge in [-0.15, -0.1) is 0 Å². The van der Waals surface area contributed by atoms with Crippen molar-refractivity contribution in [3.05, 3.63) is 71.8 Å². The summed E-state index contributed by atoms with van der Waals surface area (Å²) in [4.78, 5) is 11.2. The summed E-state index contributed by atoms with van der Waals surface area (Å²) in [6, 6.07) is 20.0. The summed E-state index contributed by atoms with van der Waals surface area (Å²) in [5.41, 5.74) is 2.27. The molecule has 2 aromatic carbocycles. The number of likely N-dealkylation sites (N-methyl/N-ethyl adjacent to an activating group) is 1. The van der Waals surface area contributed by atoms with Gasteiger partial charge in [0.15, 0.2) is 0 Å². The van der Waals surface area contributed by atoms with E-state index in [9.17, 15) is 9.90 Å². The topological polar surface area (TPSA) is 49.3 Å². The third kappa shape index (κ3) is 4.17. The SMILES string of the molecule is CCNC(CC(=O)O)C(c1ccccc1)c1ccccc1.